The van der Waals surface area contributed by atoms with Crippen molar-refractivity contribution >= 4 is 29.3 Å². The molecule has 1 aromatic carbocycles. The van der Waals surface area contributed by atoms with Gasteiger partial charge in [0.15, 0.2) is 0 Å². The van der Waals surface area contributed by atoms with Crippen molar-refractivity contribution in [1.29, 1.82) is 5.41 Å². The molecule has 40 heavy (non-hydrogen) atoms. The molecule has 1 amide bonds. The molecule has 5 atom stereocenters. The number of aromatic nitrogens is 3. The van der Waals surface area contributed by atoms with Gasteiger partial charge in [-0.15, -0.1) is 0 Å². The number of hydrogen-bond acceptors (Lipinski definition) is 7. The lowest BCUT2D eigenvalue weighted by Gasteiger charge is -2.27. The molecule has 9 nitrogen and oxygen atoms in total. The van der Waals surface area contributed by atoms with Gasteiger partial charge in [0.2, 0.25) is 5.91 Å². The highest BCUT2D eigenvalue weighted by atomic mass is 19.1. The summed E-state index contributed by atoms with van der Waals surface area (Å²) in [7, 11) is 0. The predicted molar refractivity (Wildman–Crippen MR) is 149 cm³/mol. The highest BCUT2D eigenvalue weighted by Gasteiger charge is 2.24. The molecule has 4 rings (SSSR count). The number of amides is 1. The number of hydrogen-bond donors (Lipinski definition) is 2. The quantitative estimate of drug-likeness (QED) is 0.309. The zero-order valence-electron chi connectivity index (χ0n) is 23.4. The molecule has 1 aliphatic heterocycles. The lowest BCUT2D eigenvalue weighted by atomic mass is 9.82. The highest BCUT2D eigenvalue weighted by Crippen LogP contribution is 2.31. The molecule has 0 radical (unpaired) electrons. The van der Waals surface area contributed by atoms with E-state index in [1.54, 1.807) is 12.3 Å². The van der Waals surface area contributed by atoms with Crippen molar-refractivity contribution in [2.75, 3.05) is 13.2 Å². The Morgan fingerprint density at radius 2 is 1.98 bits per heavy atom. The third-order valence-electron chi connectivity index (χ3n) is 7.55. The summed E-state index contributed by atoms with van der Waals surface area (Å²) < 4.78 is 42.5. The molecule has 11 heteroatoms. The molecule has 0 bridgehead atoms. The molecule has 1 saturated heterocycles. The van der Waals surface area contributed by atoms with Crippen molar-refractivity contribution in [2.45, 2.75) is 59.6 Å². The van der Waals surface area contributed by atoms with Gasteiger partial charge < -0.3 is 20.2 Å². The SMILES string of the molecule is CC(=O)NC(C)C(C)CC(C)C(C)C(C=N)=Nc1ncc2ccc(-c3c(F)cc(OC4CCOC4)cc3F)nn12. The number of aliphatic imine (C=N–C) groups is 1. The van der Waals surface area contributed by atoms with Crippen molar-refractivity contribution in [3.8, 4) is 17.0 Å². The molecule has 3 heterocycles. The first-order valence-electron chi connectivity index (χ1n) is 13.5. The van der Waals surface area contributed by atoms with Crippen LogP contribution in [0.5, 0.6) is 5.75 Å². The number of nitrogens with one attached hydrogen (secondary N) is 2. The Morgan fingerprint density at radius 3 is 2.60 bits per heavy atom. The summed E-state index contributed by atoms with van der Waals surface area (Å²) in [5, 5.41) is 15.4. The average molecular weight is 555 g/mol. The number of fused-ring (bicyclic) bond motifs is 1. The topological polar surface area (TPSA) is 114 Å². The molecule has 2 aromatic heterocycles. The fourth-order valence-electron chi connectivity index (χ4n) is 4.87. The highest BCUT2D eigenvalue weighted by molar-refractivity contribution is 6.30. The van der Waals surface area contributed by atoms with Crippen LogP contribution in [0.2, 0.25) is 0 Å². The fourth-order valence-corrected chi connectivity index (χ4v) is 4.87. The van der Waals surface area contributed by atoms with E-state index >= 15 is 8.78 Å². The summed E-state index contributed by atoms with van der Waals surface area (Å²) in [6.07, 6.45) is 4.00. The van der Waals surface area contributed by atoms with Gasteiger partial charge >= 0.3 is 0 Å². The number of benzene rings is 1. The lowest BCUT2D eigenvalue weighted by molar-refractivity contribution is -0.119. The van der Waals surface area contributed by atoms with Gasteiger partial charge in [-0.3, -0.25) is 4.79 Å². The molecular weight excluding hydrogens is 518 g/mol. The van der Waals surface area contributed by atoms with Crippen LogP contribution in [-0.4, -0.2) is 57.8 Å². The van der Waals surface area contributed by atoms with Crippen molar-refractivity contribution in [1.82, 2.24) is 19.9 Å². The van der Waals surface area contributed by atoms with Crippen molar-refractivity contribution < 1.29 is 23.0 Å². The lowest BCUT2D eigenvalue weighted by Crippen LogP contribution is -2.37. The van der Waals surface area contributed by atoms with Crippen LogP contribution in [0.25, 0.3) is 16.8 Å². The van der Waals surface area contributed by atoms with E-state index in [1.165, 1.54) is 23.7 Å². The van der Waals surface area contributed by atoms with Crippen LogP contribution in [0.15, 0.2) is 35.5 Å². The Morgan fingerprint density at radius 1 is 1.25 bits per heavy atom. The maximum atomic E-state index is 15.1. The van der Waals surface area contributed by atoms with Crippen molar-refractivity contribution in [3.05, 3.63) is 42.1 Å². The van der Waals surface area contributed by atoms with E-state index < -0.39 is 11.6 Å². The summed E-state index contributed by atoms with van der Waals surface area (Å²) in [4.78, 5) is 20.4. The maximum absolute atomic E-state index is 15.1. The van der Waals surface area contributed by atoms with E-state index in [4.69, 9.17) is 14.9 Å². The third kappa shape index (κ3) is 6.70. The van der Waals surface area contributed by atoms with Gasteiger partial charge in [-0.1, -0.05) is 20.8 Å². The van der Waals surface area contributed by atoms with Crippen LogP contribution in [0.4, 0.5) is 14.7 Å². The van der Waals surface area contributed by atoms with Gasteiger partial charge in [0, 0.05) is 43.7 Å². The van der Waals surface area contributed by atoms with Crippen LogP contribution in [-0.2, 0) is 9.53 Å². The van der Waals surface area contributed by atoms with Crippen LogP contribution < -0.4 is 10.1 Å². The summed E-state index contributed by atoms with van der Waals surface area (Å²) >= 11 is 0. The van der Waals surface area contributed by atoms with E-state index in [-0.39, 0.29) is 58.8 Å². The number of imidazole rings is 1. The second-order valence-electron chi connectivity index (χ2n) is 10.6. The number of halogens is 2. The first kappa shape index (κ1) is 29.3. The normalized spacial score (nSPS) is 18.8. The molecule has 214 valence electrons. The van der Waals surface area contributed by atoms with Gasteiger partial charge in [-0.2, -0.15) is 9.61 Å². The van der Waals surface area contributed by atoms with E-state index in [0.29, 0.717) is 30.9 Å². The van der Waals surface area contributed by atoms with Gasteiger partial charge in [0.05, 0.1) is 41.9 Å². The Hall–Kier alpha value is -3.73. The molecule has 0 spiro atoms. The summed E-state index contributed by atoms with van der Waals surface area (Å²) in [5.74, 6) is -1.07. The number of rotatable bonds is 11. The monoisotopic (exact) mass is 554 g/mol. The first-order chi connectivity index (χ1) is 19.1. The number of ether oxygens (including phenoxy) is 2. The number of nitrogens with zero attached hydrogens (tertiary/aromatic N) is 4. The number of carbonyl (C=O) groups excluding carboxylic acids is 1. The molecule has 3 aromatic rings. The molecule has 5 unspecified atom stereocenters. The standard InChI is InChI=1S/C29H36F2N6O3/c1-16(10-17(2)19(4)34-20(5)38)18(3)27(13-32)35-29-33-14-21-6-7-26(36-37(21)29)28-24(30)11-23(12-25(28)31)40-22-8-9-39-15-22/h6-7,11-14,16-19,22,32H,8-10,15H2,1-5H3,(H,34,38). The first-order valence-corrected chi connectivity index (χ1v) is 13.5. The zero-order valence-corrected chi connectivity index (χ0v) is 23.4. The maximum Gasteiger partial charge on any atom is 0.251 e. The molecular formula is C29H36F2N6O3. The molecule has 0 saturated carbocycles. The third-order valence-corrected chi connectivity index (χ3v) is 7.55. The summed E-state index contributed by atoms with van der Waals surface area (Å²) in [6.45, 7) is 10.6. The second-order valence-corrected chi connectivity index (χ2v) is 10.6. The Bertz CT molecular complexity index is 1380. The fraction of sp³-hybridized carbons (Fsp3) is 0.483. The van der Waals surface area contributed by atoms with Gasteiger partial charge in [-0.25, -0.2) is 18.8 Å². The van der Waals surface area contributed by atoms with Crippen molar-refractivity contribution in [3.63, 3.8) is 0 Å². The molecule has 0 aliphatic carbocycles. The largest absolute Gasteiger partial charge is 0.488 e. The minimum atomic E-state index is -0.795. The number of carbonyl (C=O) groups is 1. The Balaban J connectivity index is 1.58. The minimum absolute atomic E-state index is 0.0181. The molecule has 2 N–H and O–H groups in total. The van der Waals surface area contributed by atoms with Gasteiger partial charge in [0.25, 0.3) is 5.95 Å². The van der Waals surface area contributed by atoms with Crippen LogP contribution in [0.1, 0.15) is 47.5 Å². The van der Waals surface area contributed by atoms with Crippen molar-refractivity contribution in [2.24, 2.45) is 22.7 Å². The van der Waals surface area contributed by atoms with E-state index in [1.807, 2.05) is 13.8 Å². The second kappa shape index (κ2) is 12.6. The van der Waals surface area contributed by atoms with E-state index in [0.717, 1.165) is 18.6 Å². The molecule has 1 aliphatic rings. The Kier molecular flexibility index (Phi) is 9.24. The average Bonchev–Trinajstić information content (AvgIpc) is 3.55. The summed E-state index contributed by atoms with van der Waals surface area (Å²) in [6, 6.07) is 5.51. The van der Waals surface area contributed by atoms with E-state index in [2.05, 4.69) is 34.2 Å². The zero-order chi connectivity index (χ0) is 29.0. The van der Waals surface area contributed by atoms with Gasteiger partial charge in [0.1, 0.15) is 23.5 Å². The van der Waals surface area contributed by atoms with E-state index in [9.17, 15) is 4.79 Å². The molecule has 1 fully saturated rings. The Labute approximate surface area is 232 Å². The smallest absolute Gasteiger partial charge is 0.251 e. The van der Waals surface area contributed by atoms with Crippen LogP contribution in [0, 0.1) is 34.8 Å². The minimum Gasteiger partial charge on any atom is -0.488 e. The van der Waals surface area contributed by atoms with Crippen LogP contribution >= 0.6 is 0 Å². The predicted octanol–water partition coefficient (Wildman–Crippen LogP) is 5.39. The van der Waals surface area contributed by atoms with Crippen LogP contribution in [0.3, 0.4) is 0 Å². The summed E-state index contributed by atoms with van der Waals surface area (Å²) in [5.41, 5.74) is 0.886. The van der Waals surface area contributed by atoms with Gasteiger partial charge in [-0.05, 0) is 37.3 Å².